The molecule has 7 heteroatoms. The van der Waals surface area contributed by atoms with Crippen LogP contribution < -0.4 is 10.6 Å². The van der Waals surface area contributed by atoms with E-state index in [1.807, 2.05) is 13.8 Å². The van der Waals surface area contributed by atoms with Crippen LogP contribution in [0.2, 0.25) is 0 Å². The maximum atomic E-state index is 5.54. The van der Waals surface area contributed by atoms with E-state index >= 15 is 0 Å². The molecular weight excluding hydrogens is 393 g/mol. The molecule has 2 rings (SSSR count). The first kappa shape index (κ1) is 19.2. The Hall–Kier alpha value is -0.830. The fourth-order valence-electron chi connectivity index (χ4n) is 2.35. The molecule has 1 aromatic heterocycles. The van der Waals surface area contributed by atoms with Crippen molar-refractivity contribution in [3.05, 3.63) is 17.3 Å². The fourth-order valence-corrected chi connectivity index (χ4v) is 2.35. The van der Waals surface area contributed by atoms with Gasteiger partial charge < -0.3 is 15.1 Å². The highest BCUT2D eigenvalue weighted by Crippen LogP contribution is 2.25. The molecule has 0 aromatic carbocycles. The van der Waals surface area contributed by atoms with E-state index in [0.717, 1.165) is 43.1 Å². The SMILES string of the molecule is CCN(CCNC(=NC)NCc1nc(C)c(C)o1)C1CC1.I. The number of hydrogen-bond donors (Lipinski definition) is 2. The molecule has 0 unspecified atom stereocenters. The molecule has 126 valence electrons. The second-order valence-electron chi connectivity index (χ2n) is 5.46. The molecule has 1 aliphatic carbocycles. The lowest BCUT2D eigenvalue weighted by Crippen LogP contribution is -2.41. The number of guanidine groups is 1. The number of nitrogens with one attached hydrogen (secondary N) is 2. The van der Waals surface area contributed by atoms with Crippen LogP contribution in [-0.2, 0) is 6.54 Å². The van der Waals surface area contributed by atoms with Crippen LogP contribution in [0.15, 0.2) is 9.41 Å². The molecule has 1 fully saturated rings. The van der Waals surface area contributed by atoms with Gasteiger partial charge in [-0.1, -0.05) is 6.92 Å². The van der Waals surface area contributed by atoms with Gasteiger partial charge in [0.05, 0.1) is 12.2 Å². The molecule has 6 nitrogen and oxygen atoms in total. The van der Waals surface area contributed by atoms with Crippen molar-refractivity contribution in [2.45, 2.75) is 46.2 Å². The van der Waals surface area contributed by atoms with Crippen LogP contribution in [0.3, 0.4) is 0 Å². The summed E-state index contributed by atoms with van der Waals surface area (Å²) < 4.78 is 5.54. The van der Waals surface area contributed by atoms with Crippen molar-refractivity contribution in [2.75, 3.05) is 26.7 Å². The van der Waals surface area contributed by atoms with Gasteiger partial charge in [0.1, 0.15) is 5.76 Å². The van der Waals surface area contributed by atoms with Crippen LogP contribution in [0, 0.1) is 13.8 Å². The Morgan fingerprint density at radius 2 is 2.09 bits per heavy atom. The number of aryl methyl sites for hydroxylation is 2. The minimum Gasteiger partial charge on any atom is -0.444 e. The van der Waals surface area contributed by atoms with Crippen molar-refractivity contribution in [3.63, 3.8) is 0 Å². The highest BCUT2D eigenvalue weighted by molar-refractivity contribution is 14.0. The lowest BCUT2D eigenvalue weighted by atomic mass is 10.4. The molecule has 1 heterocycles. The Bertz CT molecular complexity index is 465. The number of nitrogens with zero attached hydrogens (tertiary/aromatic N) is 3. The van der Waals surface area contributed by atoms with Gasteiger partial charge in [0.2, 0.25) is 5.89 Å². The van der Waals surface area contributed by atoms with Crippen molar-refractivity contribution in [3.8, 4) is 0 Å². The Morgan fingerprint density at radius 1 is 1.36 bits per heavy atom. The second kappa shape index (κ2) is 9.34. The number of aliphatic imine (C=N–C) groups is 1. The van der Waals surface area contributed by atoms with E-state index in [0.29, 0.717) is 12.4 Å². The smallest absolute Gasteiger partial charge is 0.214 e. The van der Waals surface area contributed by atoms with Crippen LogP contribution in [0.4, 0.5) is 0 Å². The van der Waals surface area contributed by atoms with Gasteiger partial charge in [0, 0.05) is 26.2 Å². The molecule has 0 radical (unpaired) electrons. The van der Waals surface area contributed by atoms with Crippen molar-refractivity contribution < 1.29 is 4.42 Å². The van der Waals surface area contributed by atoms with Gasteiger partial charge in [-0.05, 0) is 33.2 Å². The van der Waals surface area contributed by atoms with Crippen molar-refractivity contribution in [1.82, 2.24) is 20.5 Å². The molecule has 0 amide bonds. The van der Waals surface area contributed by atoms with E-state index in [2.05, 4.69) is 32.4 Å². The molecule has 0 atom stereocenters. The Kier molecular flexibility index (Phi) is 8.16. The van der Waals surface area contributed by atoms with E-state index in [-0.39, 0.29) is 24.0 Å². The van der Waals surface area contributed by atoms with Crippen LogP contribution >= 0.6 is 24.0 Å². The van der Waals surface area contributed by atoms with Crippen molar-refractivity contribution >= 4 is 29.9 Å². The molecule has 1 aromatic rings. The normalized spacial score (nSPS) is 14.9. The number of halogens is 1. The molecule has 1 aliphatic rings. The van der Waals surface area contributed by atoms with Crippen LogP contribution in [0.1, 0.15) is 37.1 Å². The predicted molar refractivity (Wildman–Crippen MR) is 99.9 cm³/mol. The summed E-state index contributed by atoms with van der Waals surface area (Å²) in [5.74, 6) is 2.36. The minimum atomic E-state index is 0. The molecule has 22 heavy (non-hydrogen) atoms. The fraction of sp³-hybridized carbons (Fsp3) is 0.733. The topological polar surface area (TPSA) is 65.7 Å². The number of aromatic nitrogens is 1. The molecule has 0 aliphatic heterocycles. The van der Waals surface area contributed by atoms with Gasteiger partial charge in [-0.2, -0.15) is 0 Å². The van der Waals surface area contributed by atoms with E-state index in [1.54, 1.807) is 7.05 Å². The Labute approximate surface area is 150 Å². The third kappa shape index (κ3) is 5.75. The maximum absolute atomic E-state index is 5.54. The summed E-state index contributed by atoms with van der Waals surface area (Å²) >= 11 is 0. The quantitative estimate of drug-likeness (QED) is 0.401. The Balaban J connectivity index is 0.00000242. The average Bonchev–Trinajstić information content (AvgIpc) is 3.25. The van der Waals surface area contributed by atoms with Crippen molar-refractivity contribution in [2.24, 2.45) is 4.99 Å². The van der Waals surface area contributed by atoms with Gasteiger partial charge >= 0.3 is 0 Å². The number of oxazole rings is 1. The maximum Gasteiger partial charge on any atom is 0.214 e. The van der Waals surface area contributed by atoms with Crippen LogP contribution in [0.25, 0.3) is 0 Å². The standard InChI is InChI=1S/C15H27N5O.HI/c1-5-20(13-6-7-13)9-8-17-15(16-4)18-10-14-19-11(2)12(3)21-14;/h13H,5-10H2,1-4H3,(H2,16,17,18);1H. The summed E-state index contributed by atoms with van der Waals surface area (Å²) in [6.07, 6.45) is 2.70. The van der Waals surface area contributed by atoms with Gasteiger partial charge in [-0.3, -0.25) is 9.89 Å². The van der Waals surface area contributed by atoms with E-state index < -0.39 is 0 Å². The summed E-state index contributed by atoms with van der Waals surface area (Å²) in [5, 5.41) is 6.56. The third-order valence-electron chi connectivity index (χ3n) is 3.86. The molecule has 0 spiro atoms. The monoisotopic (exact) mass is 421 g/mol. The summed E-state index contributed by atoms with van der Waals surface area (Å²) in [7, 11) is 1.78. The third-order valence-corrected chi connectivity index (χ3v) is 3.86. The first-order chi connectivity index (χ1) is 10.1. The summed E-state index contributed by atoms with van der Waals surface area (Å²) in [6.45, 7) is 9.72. The van der Waals surface area contributed by atoms with Crippen LogP contribution in [0.5, 0.6) is 0 Å². The molecule has 1 saturated carbocycles. The first-order valence-corrected chi connectivity index (χ1v) is 7.75. The number of rotatable bonds is 7. The Morgan fingerprint density at radius 3 is 2.59 bits per heavy atom. The second-order valence-corrected chi connectivity index (χ2v) is 5.46. The molecule has 0 bridgehead atoms. The number of likely N-dealkylation sites (N-methyl/N-ethyl adjacent to an activating group) is 1. The zero-order valence-electron chi connectivity index (χ0n) is 14.0. The zero-order chi connectivity index (χ0) is 15.2. The highest BCUT2D eigenvalue weighted by Gasteiger charge is 2.27. The van der Waals surface area contributed by atoms with E-state index in [1.165, 1.54) is 12.8 Å². The number of hydrogen-bond acceptors (Lipinski definition) is 4. The largest absolute Gasteiger partial charge is 0.444 e. The van der Waals surface area contributed by atoms with Crippen LogP contribution in [-0.4, -0.2) is 48.6 Å². The first-order valence-electron chi connectivity index (χ1n) is 7.75. The highest BCUT2D eigenvalue weighted by atomic mass is 127. The van der Waals surface area contributed by atoms with Crippen molar-refractivity contribution in [1.29, 1.82) is 0 Å². The van der Waals surface area contributed by atoms with Gasteiger partial charge in [0.15, 0.2) is 5.96 Å². The zero-order valence-corrected chi connectivity index (χ0v) is 16.3. The van der Waals surface area contributed by atoms with E-state index in [4.69, 9.17) is 4.42 Å². The van der Waals surface area contributed by atoms with Gasteiger partial charge in [-0.25, -0.2) is 4.98 Å². The molecule has 0 saturated heterocycles. The lowest BCUT2D eigenvalue weighted by molar-refractivity contribution is 0.282. The summed E-state index contributed by atoms with van der Waals surface area (Å²) in [4.78, 5) is 11.1. The van der Waals surface area contributed by atoms with Gasteiger partial charge in [0.25, 0.3) is 0 Å². The predicted octanol–water partition coefficient (Wildman–Crippen LogP) is 2.06. The summed E-state index contributed by atoms with van der Waals surface area (Å²) in [6, 6.07) is 0.810. The summed E-state index contributed by atoms with van der Waals surface area (Å²) in [5.41, 5.74) is 0.942. The minimum absolute atomic E-state index is 0. The molecule has 2 N–H and O–H groups in total. The van der Waals surface area contributed by atoms with E-state index in [9.17, 15) is 0 Å². The molecular formula is C15H28IN5O. The average molecular weight is 421 g/mol. The lowest BCUT2D eigenvalue weighted by Gasteiger charge is -2.20. The van der Waals surface area contributed by atoms with Gasteiger partial charge in [-0.15, -0.1) is 24.0 Å².